The number of aryl methyl sites for hydroxylation is 4. The summed E-state index contributed by atoms with van der Waals surface area (Å²) < 4.78 is 0. The van der Waals surface area contributed by atoms with Gasteiger partial charge >= 0.3 is 0 Å². The van der Waals surface area contributed by atoms with Gasteiger partial charge in [-0.25, -0.2) is 0 Å². The maximum absolute atomic E-state index is 8.81. The van der Waals surface area contributed by atoms with E-state index in [0.29, 0.717) is 0 Å². The average Bonchev–Trinajstić information content (AvgIpc) is 3.03. The van der Waals surface area contributed by atoms with Crippen LogP contribution in [0.4, 0.5) is 0 Å². The summed E-state index contributed by atoms with van der Waals surface area (Å²) in [5, 5.41) is 7.26. The van der Waals surface area contributed by atoms with E-state index in [9.17, 15) is 0 Å². The lowest BCUT2D eigenvalue weighted by Crippen LogP contribution is -2.29. The highest BCUT2D eigenvalue weighted by Gasteiger charge is 2.08. The molecule has 1 saturated heterocycles. The van der Waals surface area contributed by atoms with E-state index in [1.807, 2.05) is 13.8 Å². The number of carbonyl (C=O) groups is 1. The molecule has 0 atom stereocenters. The molecule has 1 fully saturated rings. The first-order valence-corrected chi connectivity index (χ1v) is 15.5. The van der Waals surface area contributed by atoms with Gasteiger partial charge in [0.05, 0.1) is 6.54 Å². The molecule has 0 aromatic heterocycles. The molecule has 220 valence electrons. The number of aldehydes is 1. The lowest BCUT2D eigenvalue weighted by Gasteiger charge is -2.23. The van der Waals surface area contributed by atoms with E-state index in [-0.39, 0.29) is 6.29 Å². The molecule has 1 heterocycles. The number of rotatable bonds is 8. The van der Waals surface area contributed by atoms with Crippen LogP contribution < -0.4 is 0 Å². The smallest absolute Gasteiger partial charge is 0.219 e. The van der Waals surface area contributed by atoms with Crippen molar-refractivity contribution in [2.45, 2.75) is 79.6 Å². The van der Waals surface area contributed by atoms with Crippen LogP contribution in [0.15, 0.2) is 72.8 Å². The van der Waals surface area contributed by atoms with Crippen molar-refractivity contribution >= 4 is 11.9 Å². The highest BCUT2D eigenvalue weighted by atomic mass is 16.1. The van der Waals surface area contributed by atoms with Crippen molar-refractivity contribution in [3.05, 3.63) is 112 Å². The monoisotopic (exact) mass is 560 g/mol. The molecule has 0 aliphatic carbocycles. The molecule has 0 radical (unpaired) electrons. The van der Waals surface area contributed by atoms with Crippen molar-refractivity contribution in [1.29, 1.82) is 5.26 Å². The predicted molar refractivity (Wildman–Crippen MR) is 178 cm³/mol. The predicted octanol–water partition coefficient (Wildman–Crippen LogP) is 8.89. The van der Waals surface area contributed by atoms with Crippen molar-refractivity contribution in [2.24, 2.45) is 0 Å². The number of nitrogens with zero attached hydrogens (tertiary/aromatic N) is 2. The second kappa shape index (κ2) is 20.0. The Morgan fingerprint density at radius 1 is 0.881 bits per heavy atom. The number of nitriles is 1. The molecule has 0 saturated carbocycles. The summed E-state index contributed by atoms with van der Waals surface area (Å²) in [5.74, 6) is 6.77. The van der Waals surface area contributed by atoms with Crippen molar-refractivity contribution in [3.8, 4) is 17.9 Å². The van der Waals surface area contributed by atoms with E-state index < -0.39 is 0 Å². The van der Waals surface area contributed by atoms with Crippen LogP contribution in [-0.2, 0) is 17.6 Å². The minimum absolute atomic E-state index is 0.181. The van der Waals surface area contributed by atoms with Gasteiger partial charge in [0.2, 0.25) is 6.29 Å². The molecular weight excluding hydrogens is 512 g/mol. The molecule has 4 rings (SSSR count). The number of hydrogen-bond donors (Lipinski definition) is 0. The summed E-state index contributed by atoms with van der Waals surface area (Å²) in [7, 11) is 0. The van der Waals surface area contributed by atoms with Gasteiger partial charge in [-0.1, -0.05) is 112 Å². The Morgan fingerprint density at radius 2 is 1.50 bits per heavy atom. The van der Waals surface area contributed by atoms with Crippen molar-refractivity contribution < 1.29 is 4.79 Å². The van der Waals surface area contributed by atoms with Crippen LogP contribution in [0.3, 0.4) is 0 Å². The Labute approximate surface area is 255 Å². The first-order valence-electron chi connectivity index (χ1n) is 15.5. The molecule has 3 aromatic carbocycles. The van der Waals surface area contributed by atoms with Gasteiger partial charge in [-0.2, -0.15) is 5.26 Å². The fourth-order valence-corrected chi connectivity index (χ4v) is 5.09. The molecule has 0 spiro atoms. The molecule has 3 aromatic rings. The van der Waals surface area contributed by atoms with Crippen molar-refractivity contribution in [1.82, 2.24) is 4.90 Å². The second-order valence-electron chi connectivity index (χ2n) is 10.5. The number of carbonyl (C=O) groups excluding carboxylic acids is 1. The van der Waals surface area contributed by atoms with E-state index >= 15 is 0 Å². The summed E-state index contributed by atoms with van der Waals surface area (Å²) >= 11 is 0. The van der Waals surface area contributed by atoms with Crippen LogP contribution in [0.1, 0.15) is 91.8 Å². The Kier molecular flexibility index (Phi) is 16.4. The quantitative estimate of drug-likeness (QED) is 0.157. The molecule has 3 heteroatoms. The van der Waals surface area contributed by atoms with Gasteiger partial charge in [0.25, 0.3) is 0 Å². The van der Waals surface area contributed by atoms with Gasteiger partial charge in [0.1, 0.15) is 6.07 Å². The van der Waals surface area contributed by atoms with Crippen LogP contribution in [0.2, 0.25) is 0 Å². The van der Waals surface area contributed by atoms with Crippen LogP contribution in [0, 0.1) is 37.0 Å². The molecule has 42 heavy (non-hydrogen) atoms. The minimum atomic E-state index is 0.181. The van der Waals surface area contributed by atoms with E-state index in [2.05, 4.69) is 110 Å². The fraction of sp³-hybridized carbons (Fsp3) is 0.385. The zero-order valence-corrected chi connectivity index (χ0v) is 26.4. The minimum Gasteiger partial charge on any atom is -0.292 e. The third-order valence-corrected chi connectivity index (χ3v) is 7.30. The highest BCUT2D eigenvalue weighted by molar-refractivity contribution is 5.80. The second-order valence-corrected chi connectivity index (χ2v) is 10.5. The molecule has 3 nitrogen and oxygen atoms in total. The van der Waals surface area contributed by atoms with Gasteiger partial charge in [0, 0.05) is 5.56 Å². The zero-order valence-electron chi connectivity index (χ0n) is 26.4. The summed E-state index contributed by atoms with van der Waals surface area (Å²) in [6.45, 7) is 13.9. The van der Waals surface area contributed by atoms with Crippen LogP contribution >= 0.6 is 0 Å². The molecule has 1 aliphatic heterocycles. The third kappa shape index (κ3) is 11.9. The van der Waals surface area contributed by atoms with Crippen LogP contribution in [0.5, 0.6) is 0 Å². The summed E-state index contributed by atoms with van der Waals surface area (Å²) in [6, 6.07) is 26.0. The number of allylic oxidation sites excluding steroid dienone is 1. The van der Waals surface area contributed by atoms with Gasteiger partial charge in [-0.15, -0.1) is 0 Å². The first-order chi connectivity index (χ1) is 20.5. The van der Waals surface area contributed by atoms with Crippen molar-refractivity contribution in [3.63, 3.8) is 0 Å². The SMILES string of the molecule is CC.CCCc1ccc(CC/C=C(/c2ccc(C)cc2)c2ccc(C#CCN3CCCCC3)cc2)cc1C.N#CC=O. The standard InChI is InChI=1S/C35H41N.C2HNO.C2H6/c1-4-10-32-21-18-31(27-29(32)3)11-8-13-35(33-19-14-28(2)15-20-33)34-22-16-30(17-23-34)12-9-26-36-24-6-5-7-25-36;3-1-2-4;1-2/h13-23,27H,4-8,10-11,24-26H2,1-3H3;2H;1-2H3/b35-13-;;. The molecule has 0 N–H and O–H groups in total. The zero-order chi connectivity index (χ0) is 30.6. The Bertz CT molecular complexity index is 1340. The largest absolute Gasteiger partial charge is 0.292 e. The van der Waals surface area contributed by atoms with Crippen molar-refractivity contribution in [2.75, 3.05) is 19.6 Å². The third-order valence-electron chi connectivity index (χ3n) is 7.30. The number of likely N-dealkylation sites (tertiary alicyclic amines) is 1. The van der Waals surface area contributed by atoms with Gasteiger partial charge in [0.15, 0.2) is 0 Å². The number of piperidine rings is 1. The Hall–Kier alpha value is -3.92. The van der Waals surface area contributed by atoms with Gasteiger partial charge in [-0.05, 0) is 105 Å². The molecule has 0 unspecified atom stereocenters. The molecular formula is C39H48N2O. The van der Waals surface area contributed by atoms with Crippen LogP contribution in [-0.4, -0.2) is 30.8 Å². The van der Waals surface area contributed by atoms with Gasteiger partial charge < -0.3 is 0 Å². The first kappa shape index (κ1) is 34.3. The highest BCUT2D eigenvalue weighted by Crippen LogP contribution is 2.26. The van der Waals surface area contributed by atoms with Gasteiger partial charge in [-0.3, -0.25) is 9.69 Å². The molecule has 1 aliphatic rings. The lowest BCUT2D eigenvalue weighted by atomic mass is 9.94. The normalized spacial score (nSPS) is 12.8. The van der Waals surface area contributed by atoms with Crippen LogP contribution in [0.25, 0.3) is 5.57 Å². The number of benzene rings is 3. The summed E-state index contributed by atoms with van der Waals surface area (Å²) in [4.78, 5) is 11.3. The van der Waals surface area contributed by atoms with E-state index in [0.717, 1.165) is 24.9 Å². The maximum Gasteiger partial charge on any atom is 0.219 e. The van der Waals surface area contributed by atoms with E-state index in [4.69, 9.17) is 10.1 Å². The Morgan fingerprint density at radius 3 is 2.07 bits per heavy atom. The van der Waals surface area contributed by atoms with E-state index in [1.54, 1.807) is 0 Å². The summed E-state index contributed by atoms with van der Waals surface area (Å²) in [5.41, 5.74) is 10.6. The fourth-order valence-electron chi connectivity index (χ4n) is 5.09. The summed E-state index contributed by atoms with van der Waals surface area (Å²) in [6.07, 6.45) is 11.0. The average molecular weight is 561 g/mol. The maximum atomic E-state index is 8.81. The molecule has 0 bridgehead atoms. The number of hydrogen-bond acceptors (Lipinski definition) is 3. The Balaban J connectivity index is 0.000000947. The van der Waals surface area contributed by atoms with E-state index in [1.165, 1.54) is 90.2 Å². The molecule has 0 amide bonds. The topological polar surface area (TPSA) is 44.1 Å². The lowest BCUT2D eigenvalue weighted by molar-refractivity contribution is -0.103.